The van der Waals surface area contributed by atoms with Gasteiger partial charge in [0.15, 0.2) is 5.82 Å². The summed E-state index contributed by atoms with van der Waals surface area (Å²) in [6.45, 7) is 1.78. The van der Waals surface area contributed by atoms with Crippen LogP contribution >= 0.6 is 0 Å². The predicted octanol–water partition coefficient (Wildman–Crippen LogP) is 1.50. The number of nitrogens with one attached hydrogen (secondary N) is 2. The maximum absolute atomic E-state index is 12.3. The Morgan fingerprint density at radius 2 is 2.10 bits per heavy atom. The van der Waals surface area contributed by atoms with Crippen molar-refractivity contribution in [1.29, 1.82) is 0 Å². The van der Waals surface area contributed by atoms with Crippen LogP contribution in [0.3, 0.4) is 0 Å². The quantitative estimate of drug-likeness (QED) is 0.652. The molecular formula is C13H12N6O. The van der Waals surface area contributed by atoms with Crippen molar-refractivity contribution < 1.29 is 4.79 Å². The number of nitrogens with zero attached hydrogens (tertiary/aromatic N) is 3. The molecule has 2 aromatic heterocycles. The summed E-state index contributed by atoms with van der Waals surface area (Å²) in [4.78, 5) is 20.7. The molecule has 20 heavy (non-hydrogen) atoms. The zero-order valence-electron chi connectivity index (χ0n) is 10.7. The number of fused-ring (bicyclic) bond motifs is 1. The van der Waals surface area contributed by atoms with Crippen LogP contribution in [0.15, 0.2) is 30.6 Å². The van der Waals surface area contributed by atoms with E-state index in [-0.39, 0.29) is 5.91 Å². The van der Waals surface area contributed by atoms with Crippen molar-refractivity contribution in [2.45, 2.75) is 6.92 Å². The zero-order valence-corrected chi connectivity index (χ0v) is 10.7. The van der Waals surface area contributed by atoms with Gasteiger partial charge in [-0.15, -0.1) is 0 Å². The normalized spacial score (nSPS) is 10.7. The summed E-state index contributed by atoms with van der Waals surface area (Å²) in [5.74, 6) is -0.0114. The van der Waals surface area contributed by atoms with Crippen LogP contribution < -0.4 is 11.1 Å². The van der Waals surface area contributed by atoms with Crippen molar-refractivity contribution in [3.8, 4) is 0 Å². The van der Waals surface area contributed by atoms with E-state index in [0.717, 1.165) is 0 Å². The number of anilines is 2. The Morgan fingerprint density at radius 3 is 2.85 bits per heavy atom. The highest BCUT2D eigenvalue weighted by Gasteiger charge is 2.15. The van der Waals surface area contributed by atoms with Gasteiger partial charge < -0.3 is 11.1 Å². The monoisotopic (exact) mass is 268 g/mol. The molecule has 0 saturated carbocycles. The van der Waals surface area contributed by atoms with Crippen LogP contribution in [-0.4, -0.2) is 26.1 Å². The number of amides is 1. The molecule has 0 saturated heterocycles. The van der Waals surface area contributed by atoms with E-state index in [0.29, 0.717) is 33.8 Å². The van der Waals surface area contributed by atoms with Crippen molar-refractivity contribution in [3.63, 3.8) is 0 Å². The van der Waals surface area contributed by atoms with E-state index in [2.05, 4.69) is 25.5 Å². The molecule has 4 N–H and O–H groups in total. The van der Waals surface area contributed by atoms with Crippen LogP contribution in [0.5, 0.6) is 0 Å². The number of aromatic amines is 1. The molecular weight excluding hydrogens is 256 g/mol. The number of carbonyl (C=O) groups excluding carboxylic acids is 1. The van der Waals surface area contributed by atoms with E-state index >= 15 is 0 Å². The molecule has 0 bridgehead atoms. The molecule has 7 nitrogen and oxygen atoms in total. The van der Waals surface area contributed by atoms with Gasteiger partial charge in [-0.1, -0.05) is 6.07 Å². The molecule has 0 radical (unpaired) electrons. The molecule has 0 aliphatic carbocycles. The minimum Gasteiger partial charge on any atom is -0.394 e. The molecule has 0 unspecified atom stereocenters. The molecule has 3 rings (SSSR count). The van der Waals surface area contributed by atoms with Gasteiger partial charge in [-0.3, -0.25) is 19.9 Å². The first-order valence-electron chi connectivity index (χ1n) is 5.98. The summed E-state index contributed by atoms with van der Waals surface area (Å²) in [7, 11) is 0. The number of nitrogens with two attached hydrogens (primary N) is 1. The second kappa shape index (κ2) is 4.61. The molecule has 1 amide bonds. The first-order valence-corrected chi connectivity index (χ1v) is 5.98. The summed E-state index contributed by atoms with van der Waals surface area (Å²) in [5.41, 5.74) is 8.56. The molecule has 0 aliphatic heterocycles. The molecule has 0 aliphatic rings. The lowest BCUT2D eigenvalue weighted by Crippen LogP contribution is -2.14. The fraction of sp³-hybridized carbons (Fsp3) is 0.0769. The van der Waals surface area contributed by atoms with Crippen molar-refractivity contribution >= 4 is 28.4 Å². The van der Waals surface area contributed by atoms with Gasteiger partial charge >= 0.3 is 0 Å². The van der Waals surface area contributed by atoms with Crippen molar-refractivity contribution in [2.24, 2.45) is 0 Å². The fourth-order valence-electron chi connectivity index (χ4n) is 1.88. The third kappa shape index (κ3) is 1.95. The number of hydrogen-bond acceptors (Lipinski definition) is 5. The number of carbonyl (C=O) groups is 1. The van der Waals surface area contributed by atoms with E-state index in [1.165, 1.54) is 0 Å². The second-order valence-electron chi connectivity index (χ2n) is 4.29. The molecule has 0 atom stereocenters. The number of rotatable bonds is 2. The maximum Gasteiger partial charge on any atom is 0.259 e. The molecule has 0 fully saturated rings. The topological polar surface area (TPSA) is 110 Å². The molecule has 100 valence electrons. The summed E-state index contributed by atoms with van der Waals surface area (Å²) in [5, 5.41) is 9.32. The van der Waals surface area contributed by atoms with E-state index in [4.69, 9.17) is 5.73 Å². The minimum atomic E-state index is -0.325. The number of benzene rings is 1. The number of aryl methyl sites for hydroxylation is 1. The SMILES string of the molecule is Cc1[nH]nc(NC(=O)c2cccc3nccnc23)c1N. The van der Waals surface area contributed by atoms with Crippen molar-refractivity contribution in [1.82, 2.24) is 20.2 Å². The number of aromatic nitrogens is 4. The Balaban J connectivity index is 1.99. The number of H-pyrrole nitrogens is 1. The minimum absolute atomic E-state index is 0.313. The fourth-order valence-corrected chi connectivity index (χ4v) is 1.88. The van der Waals surface area contributed by atoms with E-state index in [1.54, 1.807) is 37.5 Å². The van der Waals surface area contributed by atoms with Crippen LogP contribution in [0.4, 0.5) is 11.5 Å². The summed E-state index contributed by atoms with van der Waals surface area (Å²) < 4.78 is 0. The standard InChI is InChI=1S/C13H12N6O/c1-7-10(14)12(19-18-7)17-13(20)8-3-2-4-9-11(8)16-6-5-15-9/h2-6H,14H2,1H3,(H2,17,18,19,20). The number of hydrogen-bond donors (Lipinski definition) is 3. The van der Waals surface area contributed by atoms with Crippen molar-refractivity contribution in [2.75, 3.05) is 11.1 Å². The van der Waals surface area contributed by atoms with Gasteiger partial charge in [-0.25, -0.2) is 0 Å². The highest BCUT2D eigenvalue weighted by Crippen LogP contribution is 2.20. The Kier molecular flexibility index (Phi) is 2.79. The smallest absolute Gasteiger partial charge is 0.259 e. The highest BCUT2D eigenvalue weighted by molar-refractivity contribution is 6.11. The van der Waals surface area contributed by atoms with Crippen molar-refractivity contribution in [3.05, 3.63) is 41.9 Å². The summed E-state index contributed by atoms with van der Waals surface area (Å²) in [6.07, 6.45) is 3.13. The van der Waals surface area contributed by atoms with Crippen LogP contribution in [0.25, 0.3) is 11.0 Å². The highest BCUT2D eigenvalue weighted by atomic mass is 16.1. The van der Waals surface area contributed by atoms with Gasteiger partial charge in [0.2, 0.25) is 0 Å². The average Bonchev–Trinajstić information content (AvgIpc) is 2.78. The van der Waals surface area contributed by atoms with Gasteiger partial charge in [-0.2, -0.15) is 5.10 Å². The summed E-state index contributed by atoms with van der Waals surface area (Å²) in [6, 6.07) is 5.24. The lowest BCUT2D eigenvalue weighted by atomic mass is 10.1. The average molecular weight is 268 g/mol. The van der Waals surface area contributed by atoms with E-state index in [1.807, 2.05) is 0 Å². The molecule has 1 aromatic carbocycles. The number of nitrogen functional groups attached to an aromatic ring is 1. The molecule has 3 aromatic rings. The van der Waals surface area contributed by atoms with Gasteiger partial charge in [-0.05, 0) is 19.1 Å². The van der Waals surface area contributed by atoms with E-state index < -0.39 is 0 Å². The molecule has 2 heterocycles. The van der Waals surface area contributed by atoms with Crippen LogP contribution in [-0.2, 0) is 0 Å². The molecule has 7 heteroatoms. The van der Waals surface area contributed by atoms with Gasteiger partial charge in [0.1, 0.15) is 5.52 Å². The van der Waals surface area contributed by atoms with E-state index in [9.17, 15) is 4.79 Å². The number of para-hydroxylation sites is 1. The lowest BCUT2D eigenvalue weighted by Gasteiger charge is -2.05. The van der Waals surface area contributed by atoms with Crippen LogP contribution in [0.2, 0.25) is 0 Å². The van der Waals surface area contributed by atoms with Gasteiger partial charge in [0, 0.05) is 12.4 Å². The first-order chi connectivity index (χ1) is 9.66. The summed E-state index contributed by atoms with van der Waals surface area (Å²) >= 11 is 0. The van der Waals surface area contributed by atoms with Gasteiger partial charge in [0.25, 0.3) is 5.91 Å². The Labute approximate surface area is 114 Å². The Hall–Kier alpha value is -2.96. The van der Waals surface area contributed by atoms with Gasteiger partial charge in [0.05, 0.1) is 22.5 Å². The zero-order chi connectivity index (χ0) is 14.1. The third-order valence-corrected chi connectivity index (χ3v) is 2.97. The Bertz CT molecular complexity index is 789. The first kappa shape index (κ1) is 12.1. The predicted molar refractivity (Wildman–Crippen MR) is 75.2 cm³/mol. The largest absolute Gasteiger partial charge is 0.394 e. The maximum atomic E-state index is 12.3. The second-order valence-corrected chi connectivity index (χ2v) is 4.29. The molecule has 0 spiro atoms. The van der Waals surface area contributed by atoms with Crippen LogP contribution in [0, 0.1) is 6.92 Å². The lowest BCUT2D eigenvalue weighted by molar-refractivity contribution is 0.102. The Morgan fingerprint density at radius 1 is 1.30 bits per heavy atom. The third-order valence-electron chi connectivity index (χ3n) is 2.97. The van der Waals surface area contributed by atoms with Crippen LogP contribution in [0.1, 0.15) is 16.1 Å².